The first kappa shape index (κ1) is 32.2. The largest absolute Gasteiger partial charge is 2.00 e. The number of fused-ring (bicyclic) bond motifs is 8. The molecule has 0 unspecified atom stereocenters. The summed E-state index contributed by atoms with van der Waals surface area (Å²) < 4.78 is 0. The van der Waals surface area contributed by atoms with Crippen LogP contribution in [0.25, 0.3) is 90.4 Å². The van der Waals surface area contributed by atoms with Crippen molar-refractivity contribution in [3.8, 4) is 44.5 Å². The second-order valence-electron chi connectivity index (χ2n) is 12.3. The molecule has 6 heteroatoms. The smallest absolute Gasteiger partial charge is 0.657 e. The van der Waals surface area contributed by atoms with Gasteiger partial charge in [-0.25, -0.2) is 9.97 Å². The molecule has 2 aliphatic rings. The van der Waals surface area contributed by atoms with E-state index in [1.165, 1.54) is 0 Å². The summed E-state index contributed by atoms with van der Waals surface area (Å²) in [5.74, 6) is 0. The Morgan fingerprint density at radius 3 is 1.16 bits per heavy atom. The van der Waals surface area contributed by atoms with Crippen molar-refractivity contribution in [1.29, 1.82) is 0 Å². The maximum absolute atomic E-state index is 10.8. The molecule has 51 heavy (non-hydrogen) atoms. The molecule has 0 atom stereocenters. The molecule has 7 aromatic rings. The fourth-order valence-electron chi connectivity index (χ4n) is 6.95. The number of nitrogens with zero attached hydrogens (tertiary/aromatic N) is 4. The second kappa shape index (κ2) is 13.7. The van der Waals surface area contributed by atoms with Gasteiger partial charge in [0.25, 0.3) is 0 Å². The molecule has 8 bridgehead atoms. The Morgan fingerprint density at radius 1 is 0.412 bits per heavy atom. The van der Waals surface area contributed by atoms with Crippen LogP contribution in [0.15, 0.2) is 146 Å². The summed E-state index contributed by atoms with van der Waals surface area (Å²) in [6.45, 7) is -0.179. The van der Waals surface area contributed by atoms with Crippen molar-refractivity contribution < 1.29 is 21.6 Å². The summed E-state index contributed by atoms with van der Waals surface area (Å²) in [5.41, 5.74) is 14.6. The van der Waals surface area contributed by atoms with E-state index in [9.17, 15) is 5.11 Å². The number of aliphatic hydroxyl groups is 1. The number of hydrogen-bond donors (Lipinski definition) is 1. The number of benzene rings is 4. The molecule has 0 spiro atoms. The Bertz CT molecular complexity index is 2610. The predicted octanol–water partition coefficient (Wildman–Crippen LogP) is 9.94. The molecule has 3 aromatic heterocycles. The van der Waals surface area contributed by atoms with Gasteiger partial charge in [0.1, 0.15) is 0 Å². The Balaban J connectivity index is 0.00000374. The molecule has 0 amide bonds. The van der Waals surface area contributed by atoms with E-state index in [1.807, 2.05) is 84.9 Å². The number of rotatable bonds is 5. The molecule has 246 valence electrons. The zero-order valence-corrected chi connectivity index (χ0v) is 28.3. The predicted molar refractivity (Wildman–Crippen MR) is 205 cm³/mol. The summed E-state index contributed by atoms with van der Waals surface area (Å²) in [6.07, 6.45) is 6.15. The van der Waals surface area contributed by atoms with Crippen LogP contribution in [-0.4, -0.2) is 21.7 Å². The third kappa shape index (κ3) is 5.85. The van der Waals surface area contributed by atoms with E-state index in [0.717, 1.165) is 89.2 Å². The number of aromatic nitrogens is 4. The van der Waals surface area contributed by atoms with Gasteiger partial charge >= 0.3 is 16.5 Å². The van der Waals surface area contributed by atoms with Crippen LogP contribution in [0.3, 0.4) is 0 Å². The average Bonchev–Trinajstić information content (AvgIpc) is 4.00. The molecule has 2 aliphatic heterocycles. The molecule has 9 rings (SSSR count). The van der Waals surface area contributed by atoms with E-state index < -0.39 is 0 Å². The molecule has 5 nitrogen and oxygen atoms in total. The average molecular weight is 701 g/mol. The van der Waals surface area contributed by atoms with Crippen molar-refractivity contribution in [2.75, 3.05) is 6.61 Å². The van der Waals surface area contributed by atoms with Crippen molar-refractivity contribution in [3.63, 3.8) is 0 Å². The van der Waals surface area contributed by atoms with Crippen LogP contribution in [-0.2, 0) is 16.5 Å². The van der Waals surface area contributed by atoms with E-state index in [2.05, 4.69) is 78.9 Å². The van der Waals surface area contributed by atoms with Crippen LogP contribution in [0, 0.1) is 0 Å². The molecular formula is C45H30N4NiO. The van der Waals surface area contributed by atoms with Gasteiger partial charge in [-0.3, -0.25) is 0 Å². The Hall–Kier alpha value is -6.07. The van der Waals surface area contributed by atoms with Crippen molar-refractivity contribution >= 4 is 45.9 Å². The number of aliphatic hydroxyl groups excluding tert-OH is 1. The van der Waals surface area contributed by atoms with Crippen LogP contribution >= 0.6 is 0 Å². The van der Waals surface area contributed by atoms with Gasteiger partial charge < -0.3 is 15.1 Å². The van der Waals surface area contributed by atoms with E-state index in [-0.39, 0.29) is 23.1 Å². The topological polar surface area (TPSA) is 74.2 Å². The minimum atomic E-state index is -0.179. The van der Waals surface area contributed by atoms with Crippen molar-refractivity contribution in [2.45, 2.75) is 0 Å². The minimum absolute atomic E-state index is 0. The molecule has 1 N–H and O–H groups in total. The van der Waals surface area contributed by atoms with Crippen molar-refractivity contribution in [2.24, 2.45) is 0 Å². The Morgan fingerprint density at radius 2 is 0.765 bits per heavy atom. The van der Waals surface area contributed by atoms with E-state index in [0.29, 0.717) is 5.69 Å². The van der Waals surface area contributed by atoms with Crippen molar-refractivity contribution in [3.05, 3.63) is 168 Å². The fraction of sp³-hybridized carbons (Fsp3) is 0.0222. The second-order valence-corrected chi connectivity index (χ2v) is 12.3. The standard InChI is InChI=1S/C45H30N4O.Ni/c50-28-33-27-40-43(31-17-9-3-10-18-31)38-24-23-36(47-38)41(29-13-5-1-6-14-29)34-21-22-35(46-34)42(30-15-7-2-8-16-30)37-25-26-39(48-37)44(45(33)49-40)32-19-11-4-12-20-32;/h1-27,50H,28H2;/q-2;+2. The van der Waals surface area contributed by atoms with Crippen LogP contribution in [0.2, 0.25) is 0 Å². The monoisotopic (exact) mass is 700 g/mol. The molecule has 4 aromatic carbocycles. The first-order valence-corrected chi connectivity index (χ1v) is 16.7. The summed E-state index contributed by atoms with van der Waals surface area (Å²) in [7, 11) is 0. The van der Waals surface area contributed by atoms with Crippen LogP contribution < -0.4 is 9.97 Å². The van der Waals surface area contributed by atoms with Gasteiger partial charge in [-0.1, -0.05) is 146 Å². The van der Waals surface area contributed by atoms with E-state index in [4.69, 9.17) is 19.9 Å². The molecule has 5 heterocycles. The summed E-state index contributed by atoms with van der Waals surface area (Å²) in [6, 6.07) is 49.2. The van der Waals surface area contributed by atoms with E-state index in [1.54, 1.807) is 0 Å². The quantitative estimate of drug-likeness (QED) is 0.181. The van der Waals surface area contributed by atoms with Gasteiger partial charge in [-0.2, -0.15) is 0 Å². The maximum Gasteiger partial charge on any atom is 2.00 e. The summed E-state index contributed by atoms with van der Waals surface area (Å²) >= 11 is 0. The molecule has 0 radical (unpaired) electrons. The summed E-state index contributed by atoms with van der Waals surface area (Å²) in [4.78, 5) is 21.2. The molecule has 0 saturated carbocycles. The zero-order chi connectivity index (χ0) is 33.4. The molecule has 0 fully saturated rings. The fourth-order valence-corrected chi connectivity index (χ4v) is 6.95. The zero-order valence-electron chi connectivity index (χ0n) is 27.3. The summed E-state index contributed by atoms with van der Waals surface area (Å²) in [5, 5.41) is 10.8. The molecule has 0 saturated heterocycles. The third-order valence-corrected chi connectivity index (χ3v) is 9.22. The van der Waals surface area contributed by atoms with Gasteiger partial charge in [0.15, 0.2) is 0 Å². The first-order valence-electron chi connectivity index (χ1n) is 16.7. The van der Waals surface area contributed by atoms with E-state index >= 15 is 0 Å². The van der Waals surface area contributed by atoms with Crippen LogP contribution in [0.5, 0.6) is 0 Å². The van der Waals surface area contributed by atoms with Gasteiger partial charge in [0.05, 0.1) is 29.4 Å². The Labute approximate surface area is 305 Å². The van der Waals surface area contributed by atoms with Gasteiger partial charge in [-0.05, 0) is 62.7 Å². The van der Waals surface area contributed by atoms with Crippen molar-refractivity contribution in [1.82, 2.24) is 19.9 Å². The van der Waals surface area contributed by atoms with Gasteiger partial charge in [0.2, 0.25) is 0 Å². The van der Waals surface area contributed by atoms with Gasteiger partial charge in [-0.15, -0.1) is 22.1 Å². The van der Waals surface area contributed by atoms with Crippen LogP contribution in [0.4, 0.5) is 0 Å². The maximum atomic E-state index is 10.8. The number of hydrogen-bond acceptors (Lipinski definition) is 3. The van der Waals surface area contributed by atoms with Gasteiger partial charge in [0, 0.05) is 5.57 Å². The molecular weight excluding hydrogens is 671 g/mol. The third-order valence-electron chi connectivity index (χ3n) is 9.22. The minimum Gasteiger partial charge on any atom is -0.657 e. The SMILES string of the molecule is OCC1=Cc2nc1c(-c1ccccc1)c1ccc([n-]1)c(-c1ccccc1)c1nc(c(-c3ccccc3)c3ccc([n-]3)c2-c2ccccc2)C=C1.[Ni+2]. The first-order chi connectivity index (χ1) is 24.7. The Kier molecular flexibility index (Phi) is 8.63. The van der Waals surface area contributed by atoms with Crippen LogP contribution in [0.1, 0.15) is 22.8 Å². The normalized spacial score (nSPS) is 12.0. The molecule has 0 aliphatic carbocycles.